The molecule has 0 saturated heterocycles. The second kappa shape index (κ2) is 5.72. The van der Waals surface area contributed by atoms with Crippen LogP contribution in [0.3, 0.4) is 0 Å². The van der Waals surface area contributed by atoms with Crippen LogP contribution < -0.4 is 5.56 Å². The van der Waals surface area contributed by atoms with E-state index in [2.05, 4.69) is 22.1 Å². The van der Waals surface area contributed by atoms with Gasteiger partial charge in [0.25, 0.3) is 5.56 Å². The first-order chi connectivity index (χ1) is 11.2. The fourth-order valence-corrected chi connectivity index (χ4v) is 4.01. The summed E-state index contributed by atoms with van der Waals surface area (Å²) in [6, 6.07) is 13.9. The van der Waals surface area contributed by atoms with Crippen LogP contribution >= 0.6 is 23.6 Å². The molecule has 0 amide bonds. The van der Waals surface area contributed by atoms with Gasteiger partial charge in [-0.3, -0.25) is 9.36 Å². The quantitative estimate of drug-likeness (QED) is 0.576. The number of nitrogens with one attached hydrogen (secondary N) is 1. The van der Waals surface area contributed by atoms with Gasteiger partial charge in [-0.15, -0.1) is 11.3 Å². The van der Waals surface area contributed by atoms with Crippen LogP contribution in [0.25, 0.3) is 20.4 Å². The third-order valence-corrected chi connectivity index (χ3v) is 5.27. The van der Waals surface area contributed by atoms with E-state index >= 15 is 0 Å². The molecule has 0 saturated carbocycles. The highest BCUT2D eigenvalue weighted by atomic mass is 32.1. The molecule has 0 unspecified atom stereocenters. The zero-order chi connectivity index (χ0) is 15.8. The largest absolute Gasteiger partial charge is 0.330 e. The first-order valence-electron chi connectivity index (χ1n) is 7.28. The minimum Gasteiger partial charge on any atom is -0.330 e. The Kier molecular flexibility index (Phi) is 3.55. The fourth-order valence-electron chi connectivity index (χ4n) is 2.69. The molecule has 1 N–H and O–H groups in total. The number of rotatable bonds is 3. The van der Waals surface area contributed by atoms with Crippen molar-refractivity contribution in [3.05, 3.63) is 69.3 Å². The van der Waals surface area contributed by atoms with E-state index in [9.17, 15) is 4.79 Å². The van der Waals surface area contributed by atoms with Gasteiger partial charge in [0.2, 0.25) is 0 Å². The lowest BCUT2D eigenvalue weighted by atomic mass is 10.1. The summed E-state index contributed by atoms with van der Waals surface area (Å²) >= 11 is 6.81. The summed E-state index contributed by atoms with van der Waals surface area (Å²) < 4.78 is 2.78. The van der Waals surface area contributed by atoms with E-state index in [0.29, 0.717) is 16.0 Å². The lowest BCUT2D eigenvalue weighted by Crippen LogP contribution is -2.22. The van der Waals surface area contributed by atoms with Crippen LogP contribution in [0.4, 0.5) is 0 Å². The van der Waals surface area contributed by atoms with Gasteiger partial charge in [0.05, 0.1) is 5.52 Å². The molecule has 0 fully saturated rings. The molecule has 3 heterocycles. The molecule has 1 aromatic carbocycles. The molecule has 6 heteroatoms. The molecular weight excluding hydrogens is 326 g/mol. The molecule has 0 spiro atoms. The van der Waals surface area contributed by atoms with Crippen molar-refractivity contribution >= 4 is 44.0 Å². The molecule has 0 aliphatic heterocycles. The standard InChI is InChI=1S/C17H13N3OS2/c21-16-14-13(12-7-4-9-18-15(12)23-14)19-17(22)20(16)10-8-11-5-2-1-3-6-11/h1-7,9H,8,10H2,(H,19,22). The third kappa shape index (κ3) is 2.50. The maximum Gasteiger partial charge on any atom is 0.272 e. The average molecular weight is 339 g/mol. The van der Waals surface area contributed by atoms with E-state index in [1.54, 1.807) is 10.8 Å². The topological polar surface area (TPSA) is 50.7 Å². The van der Waals surface area contributed by atoms with Gasteiger partial charge in [-0.25, -0.2) is 4.98 Å². The van der Waals surface area contributed by atoms with E-state index < -0.39 is 0 Å². The number of hydrogen-bond acceptors (Lipinski definition) is 4. The van der Waals surface area contributed by atoms with Gasteiger partial charge in [0.1, 0.15) is 9.53 Å². The maximum atomic E-state index is 12.8. The van der Waals surface area contributed by atoms with Crippen molar-refractivity contribution in [3.8, 4) is 0 Å². The lowest BCUT2D eigenvalue weighted by Gasteiger charge is -2.06. The van der Waals surface area contributed by atoms with Gasteiger partial charge in [0.15, 0.2) is 4.77 Å². The van der Waals surface area contributed by atoms with Crippen molar-refractivity contribution in [2.24, 2.45) is 0 Å². The molecule has 4 aromatic rings. The molecule has 0 bridgehead atoms. The van der Waals surface area contributed by atoms with Gasteiger partial charge in [0, 0.05) is 18.1 Å². The zero-order valence-corrected chi connectivity index (χ0v) is 13.8. The van der Waals surface area contributed by atoms with Crippen LogP contribution in [0.15, 0.2) is 53.5 Å². The Morgan fingerprint density at radius 2 is 2.00 bits per heavy atom. The summed E-state index contributed by atoms with van der Waals surface area (Å²) in [5.41, 5.74) is 1.94. The van der Waals surface area contributed by atoms with Crippen LogP contribution in [-0.4, -0.2) is 14.5 Å². The number of thiophene rings is 1. The van der Waals surface area contributed by atoms with E-state index in [0.717, 1.165) is 22.2 Å². The molecule has 4 nitrogen and oxygen atoms in total. The molecule has 4 rings (SSSR count). The van der Waals surface area contributed by atoms with Crippen LogP contribution in [0.1, 0.15) is 5.56 Å². The summed E-state index contributed by atoms with van der Waals surface area (Å²) in [7, 11) is 0. The summed E-state index contributed by atoms with van der Waals surface area (Å²) in [6.45, 7) is 0.565. The zero-order valence-electron chi connectivity index (χ0n) is 12.2. The SMILES string of the molecule is O=c1c2sc3ncccc3c2[nH]c(=S)n1CCc1ccccc1. The molecule has 114 valence electrons. The Morgan fingerprint density at radius 3 is 2.83 bits per heavy atom. The van der Waals surface area contributed by atoms with Gasteiger partial charge < -0.3 is 4.98 Å². The molecular formula is C17H13N3OS2. The summed E-state index contributed by atoms with van der Waals surface area (Å²) in [4.78, 5) is 21.2. The highest BCUT2D eigenvalue weighted by Gasteiger charge is 2.12. The van der Waals surface area contributed by atoms with Crippen molar-refractivity contribution in [2.75, 3.05) is 0 Å². The predicted octanol–water partition coefficient (Wildman–Crippen LogP) is 3.91. The van der Waals surface area contributed by atoms with Crippen molar-refractivity contribution in [1.29, 1.82) is 0 Å². The van der Waals surface area contributed by atoms with Crippen molar-refractivity contribution in [3.63, 3.8) is 0 Å². The number of aryl methyl sites for hydroxylation is 1. The monoisotopic (exact) mass is 339 g/mol. The molecule has 23 heavy (non-hydrogen) atoms. The maximum absolute atomic E-state index is 12.8. The number of benzene rings is 1. The average Bonchev–Trinajstić information content (AvgIpc) is 2.95. The minimum atomic E-state index is -0.0392. The first kappa shape index (κ1) is 14.3. The van der Waals surface area contributed by atoms with Gasteiger partial charge >= 0.3 is 0 Å². The first-order valence-corrected chi connectivity index (χ1v) is 8.51. The number of aromatic nitrogens is 3. The summed E-state index contributed by atoms with van der Waals surface area (Å²) in [5.74, 6) is 0. The molecule has 0 atom stereocenters. The van der Waals surface area contributed by atoms with Crippen molar-refractivity contribution < 1.29 is 0 Å². The Morgan fingerprint density at radius 1 is 1.17 bits per heavy atom. The number of aromatic amines is 1. The fraction of sp³-hybridized carbons (Fsp3) is 0.118. The Hall–Kier alpha value is -2.31. The van der Waals surface area contributed by atoms with Gasteiger partial charge in [-0.2, -0.15) is 0 Å². The highest BCUT2D eigenvalue weighted by Crippen LogP contribution is 2.28. The lowest BCUT2D eigenvalue weighted by molar-refractivity contribution is 0.653. The smallest absolute Gasteiger partial charge is 0.272 e. The van der Waals surface area contributed by atoms with Gasteiger partial charge in [-0.1, -0.05) is 30.3 Å². The Balaban J connectivity index is 1.83. The molecule has 3 aromatic heterocycles. The number of nitrogens with zero attached hydrogens (tertiary/aromatic N) is 2. The molecule has 0 aliphatic carbocycles. The molecule has 0 aliphatic rings. The van der Waals surface area contributed by atoms with Crippen molar-refractivity contribution in [2.45, 2.75) is 13.0 Å². The summed E-state index contributed by atoms with van der Waals surface area (Å²) in [6.07, 6.45) is 2.51. The van der Waals surface area contributed by atoms with Crippen LogP contribution in [-0.2, 0) is 13.0 Å². The Bertz CT molecular complexity index is 1110. The van der Waals surface area contributed by atoms with Crippen LogP contribution in [0.5, 0.6) is 0 Å². The van der Waals surface area contributed by atoms with Crippen LogP contribution in [0.2, 0.25) is 0 Å². The number of H-pyrrole nitrogens is 1. The van der Waals surface area contributed by atoms with E-state index in [1.165, 1.54) is 16.9 Å². The van der Waals surface area contributed by atoms with Crippen LogP contribution in [0, 0.1) is 4.77 Å². The van der Waals surface area contributed by atoms with Crippen molar-refractivity contribution in [1.82, 2.24) is 14.5 Å². The number of pyridine rings is 1. The molecule has 0 radical (unpaired) electrons. The van der Waals surface area contributed by atoms with E-state index in [4.69, 9.17) is 12.2 Å². The predicted molar refractivity (Wildman–Crippen MR) is 96.7 cm³/mol. The number of hydrogen-bond donors (Lipinski definition) is 1. The number of fused-ring (bicyclic) bond motifs is 3. The third-order valence-electron chi connectivity index (χ3n) is 3.85. The highest BCUT2D eigenvalue weighted by molar-refractivity contribution is 7.71. The summed E-state index contributed by atoms with van der Waals surface area (Å²) in [5, 5.41) is 0.950. The Labute approximate surface area is 141 Å². The van der Waals surface area contributed by atoms with E-state index in [-0.39, 0.29) is 5.56 Å². The minimum absolute atomic E-state index is 0.0392. The van der Waals surface area contributed by atoms with Gasteiger partial charge in [-0.05, 0) is 36.3 Å². The normalized spacial score (nSPS) is 11.3. The second-order valence-corrected chi connectivity index (χ2v) is 6.67. The van der Waals surface area contributed by atoms with E-state index in [1.807, 2.05) is 30.3 Å². The second-order valence-electron chi connectivity index (χ2n) is 5.28.